The van der Waals surface area contributed by atoms with Gasteiger partial charge in [-0.15, -0.1) is 0 Å². The lowest BCUT2D eigenvalue weighted by Gasteiger charge is -2.21. The quantitative estimate of drug-likeness (QED) is 0.745. The van der Waals surface area contributed by atoms with E-state index in [0.717, 1.165) is 35.7 Å². The molecule has 0 aliphatic carbocycles. The Labute approximate surface area is 145 Å². The van der Waals surface area contributed by atoms with E-state index in [1.54, 1.807) is 0 Å². The second-order valence-corrected chi connectivity index (χ2v) is 8.11. The Morgan fingerprint density at radius 3 is 2.33 bits per heavy atom. The van der Waals surface area contributed by atoms with Crippen LogP contribution in [0.15, 0.2) is 12.1 Å². The second-order valence-electron chi connectivity index (χ2n) is 8.11. The van der Waals surface area contributed by atoms with Gasteiger partial charge in [0.25, 0.3) is 0 Å². The average molecular weight is 329 g/mol. The molecule has 0 saturated carbocycles. The molecule has 1 aromatic heterocycles. The third-order valence-corrected chi connectivity index (χ3v) is 4.87. The van der Waals surface area contributed by atoms with Crippen molar-refractivity contribution in [3.63, 3.8) is 0 Å². The van der Waals surface area contributed by atoms with Crippen LogP contribution in [0.4, 0.5) is 0 Å². The first-order valence-corrected chi connectivity index (χ1v) is 9.00. The maximum atomic E-state index is 12.0. The van der Waals surface area contributed by atoms with Crippen LogP contribution in [0.5, 0.6) is 0 Å². The number of aryl methyl sites for hydroxylation is 1. The van der Waals surface area contributed by atoms with Gasteiger partial charge < -0.3 is 9.67 Å². The molecule has 1 heterocycles. The minimum atomic E-state index is -0.840. The van der Waals surface area contributed by atoms with Gasteiger partial charge in [0.05, 0.1) is 11.1 Å². The molecule has 0 fully saturated rings. The smallest absolute Gasteiger partial charge is 0.337 e. The van der Waals surface area contributed by atoms with E-state index >= 15 is 0 Å². The molecule has 0 aliphatic heterocycles. The summed E-state index contributed by atoms with van der Waals surface area (Å²) in [5.74, 6) is -0.840. The van der Waals surface area contributed by atoms with Crippen LogP contribution in [0.2, 0.25) is 0 Å². The number of carboxylic acid groups (broad SMARTS) is 1. The summed E-state index contributed by atoms with van der Waals surface area (Å²) in [6.45, 7) is 15.0. The van der Waals surface area contributed by atoms with Gasteiger partial charge in [0, 0.05) is 17.1 Å². The molecule has 0 aliphatic rings. The Balaban J connectivity index is 2.93. The minimum Gasteiger partial charge on any atom is -0.478 e. The highest BCUT2D eigenvalue weighted by atomic mass is 16.4. The van der Waals surface area contributed by atoms with E-state index in [0.29, 0.717) is 5.56 Å². The zero-order valence-electron chi connectivity index (χ0n) is 16.2. The first-order chi connectivity index (χ1) is 11.1. The number of hydrogen-bond acceptors (Lipinski definition) is 1. The molecule has 0 bridgehead atoms. The Bertz CT molecular complexity index is 760. The summed E-state index contributed by atoms with van der Waals surface area (Å²) in [6, 6.07) is 4.33. The van der Waals surface area contributed by atoms with Crippen molar-refractivity contribution in [2.24, 2.45) is 0 Å². The normalized spacial score (nSPS) is 12.3. The van der Waals surface area contributed by atoms with E-state index in [4.69, 9.17) is 0 Å². The lowest BCUT2D eigenvalue weighted by molar-refractivity contribution is 0.0698. The first-order valence-electron chi connectivity index (χ1n) is 9.00. The molecule has 0 amide bonds. The molecular weight excluding hydrogens is 298 g/mol. The van der Waals surface area contributed by atoms with E-state index < -0.39 is 5.97 Å². The van der Waals surface area contributed by atoms with Gasteiger partial charge in [-0.25, -0.2) is 4.79 Å². The summed E-state index contributed by atoms with van der Waals surface area (Å²) >= 11 is 0. The summed E-state index contributed by atoms with van der Waals surface area (Å²) in [4.78, 5) is 12.0. The standard InChI is InChI=1S/C21H31NO2/c1-8-9-10-16-14(4)22(13(2)3)19-17(16)11-15(21(5,6)7)12-18(19)20(23)24/h11-13H,8-10H2,1-7H3,(H,23,24). The number of aromatic carboxylic acids is 1. The molecule has 24 heavy (non-hydrogen) atoms. The van der Waals surface area contributed by atoms with Crippen molar-refractivity contribution in [2.45, 2.75) is 79.2 Å². The summed E-state index contributed by atoms with van der Waals surface area (Å²) in [5.41, 5.74) is 4.85. The molecule has 1 aromatic carbocycles. The highest BCUT2D eigenvalue weighted by Gasteiger charge is 2.25. The molecule has 3 nitrogen and oxygen atoms in total. The van der Waals surface area contributed by atoms with Gasteiger partial charge in [0.2, 0.25) is 0 Å². The third kappa shape index (κ3) is 3.22. The highest BCUT2D eigenvalue weighted by Crippen LogP contribution is 2.36. The van der Waals surface area contributed by atoms with Crippen molar-refractivity contribution in [1.29, 1.82) is 0 Å². The number of benzene rings is 1. The van der Waals surface area contributed by atoms with Crippen molar-refractivity contribution < 1.29 is 9.90 Å². The molecular formula is C21H31NO2. The van der Waals surface area contributed by atoms with Crippen molar-refractivity contribution in [3.8, 4) is 0 Å². The fraction of sp³-hybridized carbons (Fsp3) is 0.571. The van der Waals surface area contributed by atoms with Crippen LogP contribution < -0.4 is 0 Å². The lowest BCUT2D eigenvalue weighted by Crippen LogP contribution is -2.14. The van der Waals surface area contributed by atoms with E-state index in [9.17, 15) is 9.90 Å². The van der Waals surface area contributed by atoms with Crippen LogP contribution in [0, 0.1) is 6.92 Å². The van der Waals surface area contributed by atoms with Crippen LogP contribution in [0.1, 0.15) is 87.6 Å². The minimum absolute atomic E-state index is 0.0751. The van der Waals surface area contributed by atoms with Crippen LogP contribution in [0.3, 0.4) is 0 Å². The number of carbonyl (C=O) groups is 1. The maximum absolute atomic E-state index is 12.0. The van der Waals surface area contributed by atoms with Gasteiger partial charge in [-0.3, -0.25) is 0 Å². The summed E-state index contributed by atoms with van der Waals surface area (Å²) in [6.07, 6.45) is 3.27. The predicted molar refractivity (Wildman–Crippen MR) is 101 cm³/mol. The van der Waals surface area contributed by atoms with Crippen LogP contribution in [-0.4, -0.2) is 15.6 Å². The fourth-order valence-corrected chi connectivity index (χ4v) is 3.54. The van der Waals surface area contributed by atoms with Gasteiger partial charge in [-0.05, 0) is 62.3 Å². The molecule has 0 spiro atoms. The molecule has 1 N–H and O–H groups in total. The Hall–Kier alpha value is -1.77. The molecule has 3 heteroatoms. The number of rotatable bonds is 5. The van der Waals surface area contributed by atoms with Gasteiger partial charge in [-0.1, -0.05) is 34.1 Å². The fourth-order valence-electron chi connectivity index (χ4n) is 3.54. The number of unbranched alkanes of at least 4 members (excludes halogenated alkanes) is 1. The van der Waals surface area contributed by atoms with Crippen LogP contribution >= 0.6 is 0 Å². The zero-order valence-corrected chi connectivity index (χ0v) is 16.2. The zero-order chi connectivity index (χ0) is 18.2. The number of aromatic nitrogens is 1. The van der Waals surface area contributed by atoms with E-state index in [2.05, 4.69) is 59.1 Å². The first kappa shape index (κ1) is 18.6. The number of hydrogen-bond donors (Lipinski definition) is 1. The molecule has 0 radical (unpaired) electrons. The van der Waals surface area contributed by atoms with E-state index in [-0.39, 0.29) is 11.5 Å². The molecule has 132 valence electrons. The number of fused-ring (bicyclic) bond motifs is 1. The van der Waals surface area contributed by atoms with Crippen LogP contribution in [0.25, 0.3) is 10.9 Å². The number of nitrogens with zero attached hydrogens (tertiary/aromatic N) is 1. The third-order valence-electron chi connectivity index (χ3n) is 4.87. The monoisotopic (exact) mass is 329 g/mol. The van der Waals surface area contributed by atoms with E-state index in [1.807, 2.05) is 6.07 Å². The van der Waals surface area contributed by atoms with Gasteiger partial charge in [0.15, 0.2) is 0 Å². The molecule has 2 rings (SSSR count). The Morgan fingerprint density at radius 1 is 1.25 bits per heavy atom. The largest absolute Gasteiger partial charge is 0.478 e. The van der Waals surface area contributed by atoms with Crippen molar-refractivity contribution >= 4 is 16.9 Å². The lowest BCUT2D eigenvalue weighted by atomic mass is 9.84. The van der Waals surface area contributed by atoms with Crippen molar-refractivity contribution in [2.75, 3.05) is 0 Å². The Morgan fingerprint density at radius 2 is 1.88 bits per heavy atom. The molecule has 0 unspecified atom stereocenters. The molecule has 0 atom stereocenters. The van der Waals surface area contributed by atoms with Gasteiger partial charge in [0.1, 0.15) is 0 Å². The summed E-state index contributed by atoms with van der Waals surface area (Å²) in [5, 5.41) is 11.0. The molecule has 2 aromatic rings. The average Bonchev–Trinajstić information content (AvgIpc) is 2.74. The van der Waals surface area contributed by atoms with Crippen molar-refractivity contribution in [3.05, 3.63) is 34.5 Å². The van der Waals surface area contributed by atoms with E-state index in [1.165, 1.54) is 11.3 Å². The second kappa shape index (κ2) is 6.62. The van der Waals surface area contributed by atoms with Crippen molar-refractivity contribution in [1.82, 2.24) is 4.57 Å². The highest BCUT2D eigenvalue weighted by molar-refractivity contribution is 6.04. The van der Waals surface area contributed by atoms with Crippen LogP contribution in [-0.2, 0) is 11.8 Å². The number of carboxylic acids is 1. The summed E-state index contributed by atoms with van der Waals surface area (Å²) in [7, 11) is 0. The Kier molecular flexibility index (Phi) is 5.12. The summed E-state index contributed by atoms with van der Waals surface area (Å²) < 4.78 is 2.20. The SMILES string of the molecule is CCCCc1c(C)n(C(C)C)c2c(C(=O)O)cc(C(C)(C)C)cc12. The van der Waals surface area contributed by atoms with Gasteiger partial charge >= 0.3 is 5.97 Å². The van der Waals surface area contributed by atoms with Gasteiger partial charge in [-0.2, -0.15) is 0 Å². The maximum Gasteiger partial charge on any atom is 0.337 e. The molecule has 0 saturated heterocycles. The predicted octanol–water partition coefficient (Wildman–Crippen LogP) is 5.87. The topological polar surface area (TPSA) is 42.2 Å².